The highest BCUT2D eigenvalue weighted by molar-refractivity contribution is 9.09. The van der Waals surface area contributed by atoms with Crippen LogP contribution in [0.4, 0.5) is 0 Å². The molecule has 0 aliphatic carbocycles. The molecule has 0 N–H and O–H groups in total. The molecule has 0 fully saturated rings. The van der Waals surface area contributed by atoms with E-state index in [0.29, 0.717) is 0 Å². The molecule has 0 saturated heterocycles. The molecule has 0 aliphatic rings. The summed E-state index contributed by atoms with van der Waals surface area (Å²) in [6.07, 6.45) is 1.96. The molecule has 0 atom stereocenters. The Morgan fingerprint density at radius 3 is 2.26 bits per heavy atom. The van der Waals surface area contributed by atoms with Gasteiger partial charge in [0.2, 0.25) is 0 Å². The Morgan fingerprint density at radius 1 is 1.00 bits per heavy atom. The minimum absolute atomic E-state index is 0.0997. The summed E-state index contributed by atoms with van der Waals surface area (Å²) in [5.74, 6) is 0. The molecule has 2 nitrogen and oxygen atoms in total. The van der Waals surface area contributed by atoms with Crippen molar-refractivity contribution in [2.75, 3.05) is 37.6 Å². The zero-order valence-corrected chi connectivity index (χ0v) is 14.6. The standard InChI is InChI=1S/C15H22Br2O2/c1-18-9-5-10-19-11-8-15(12-16,13-17)14-6-3-2-4-7-14/h2-4,6-7H,5,8-13H2,1H3. The minimum atomic E-state index is 0.0997. The van der Waals surface area contributed by atoms with Crippen molar-refractivity contribution >= 4 is 31.9 Å². The first-order valence-corrected chi connectivity index (χ1v) is 8.77. The Hall–Kier alpha value is 0.1000. The third-order valence-electron chi connectivity index (χ3n) is 3.26. The van der Waals surface area contributed by atoms with E-state index >= 15 is 0 Å². The summed E-state index contributed by atoms with van der Waals surface area (Å²) in [6.45, 7) is 2.31. The van der Waals surface area contributed by atoms with Gasteiger partial charge in [0.1, 0.15) is 0 Å². The number of benzene rings is 1. The van der Waals surface area contributed by atoms with Crippen LogP contribution in [-0.2, 0) is 14.9 Å². The summed E-state index contributed by atoms with van der Waals surface area (Å²) in [7, 11) is 1.72. The summed E-state index contributed by atoms with van der Waals surface area (Å²) in [4.78, 5) is 0. The number of ether oxygens (including phenoxy) is 2. The molecule has 0 aromatic heterocycles. The third-order valence-corrected chi connectivity index (χ3v) is 5.41. The second-order valence-electron chi connectivity index (χ2n) is 4.62. The Balaban J connectivity index is 2.48. The first kappa shape index (κ1) is 17.2. The lowest BCUT2D eigenvalue weighted by molar-refractivity contribution is 0.0935. The fourth-order valence-corrected chi connectivity index (χ4v) is 4.07. The number of hydrogen-bond acceptors (Lipinski definition) is 2. The molecule has 1 aromatic carbocycles. The minimum Gasteiger partial charge on any atom is -0.385 e. The van der Waals surface area contributed by atoms with Gasteiger partial charge < -0.3 is 9.47 Å². The lowest BCUT2D eigenvalue weighted by atomic mass is 9.82. The molecule has 0 radical (unpaired) electrons. The summed E-state index contributed by atoms with van der Waals surface area (Å²) in [5, 5.41) is 1.85. The largest absolute Gasteiger partial charge is 0.385 e. The van der Waals surface area contributed by atoms with E-state index in [1.54, 1.807) is 7.11 Å². The number of halogens is 2. The van der Waals surface area contributed by atoms with Crippen LogP contribution in [0.25, 0.3) is 0 Å². The van der Waals surface area contributed by atoms with Gasteiger partial charge >= 0.3 is 0 Å². The van der Waals surface area contributed by atoms with E-state index in [0.717, 1.165) is 43.3 Å². The van der Waals surface area contributed by atoms with Gasteiger partial charge in [-0.2, -0.15) is 0 Å². The topological polar surface area (TPSA) is 18.5 Å². The average Bonchev–Trinajstić information content (AvgIpc) is 2.48. The molecule has 0 heterocycles. The summed E-state index contributed by atoms with van der Waals surface area (Å²) in [5.41, 5.74) is 1.45. The first-order chi connectivity index (χ1) is 9.29. The van der Waals surface area contributed by atoms with E-state index in [1.165, 1.54) is 5.56 Å². The normalized spacial score (nSPS) is 11.7. The SMILES string of the molecule is COCCCOCCC(CBr)(CBr)c1ccccc1. The molecular weight excluding hydrogens is 372 g/mol. The lowest BCUT2D eigenvalue weighted by Crippen LogP contribution is -2.31. The van der Waals surface area contributed by atoms with Crippen molar-refractivity contribution in [3.63, 3.8) is 0 Å². The predicted molar refractivity (Wildman–Crippen MR) is 87.6 cm³/mol. The molecule has 0 bridgehead atoms. The molecule has 0 unspecified atom stereocenters. The van der Waals surface area contributed by atoms with Crippen LogP contribution in [0, 0.1) is 0 Å². The van der Waals surface area contributed by atoms with Crippen molar-refractivity contribution in [3.05, 3.63) is 35.9 Å². The van der Waals surface area contributed by atoms with Gasteiger partial charge in [0.25, 0.3) is 0 Å². The fourth-order valence-electron chi connectivity index (χ4n) is 1.93. The van der Waals surface area contributed by atoms with E-state index < -0.39 is 0 Å². The van der Waals surface area contributed by atoms with Gasteiger partial charge in [0.15, 0.2) is 0 Å². The van der Waals surface area contributed by atoms with Crippen LogP contribution in [0.1, 0.15) is 18.4 Å². The Kier molecular flexibility index (Phi) is 8.95. The first-order valence-electron chi connectivity index (χ1n) is 6.53. The maximum Gasteiger partial charge on any atom is 0.0487 e. The third kappa shape index (κ3) is 5.54. The van der Waals surface area contributed by atoms with Crippen molar-refractivity contribution in [1.82, 2.24) is 0 Å². The van der Waals surface area contributed by atoms with E-state index in [2.05, 4.69) is 62.2 Å². The van der Waals surface area contributed by atoms with Crippen molar-refractivity contribution in [2.45, 2.75) is 18.3 Å². The lowest BCUT2D eigenvalue weighted by Gasteiger charge is -2.30. The zero-order chi connectivity index (χ0) is 14.0. The average molecular weight is 394 g/mol. The highest BCUT2D eigenvalue weighted by Crippen LogP contribution is 2.32. The zero-order valence-electron chi connectivity index (χ0n) is 11.4. The Bertz CT molecular complexity index is 326. The van der Waals surface area contributed by atoms with Gasteiger partial charge in [-0.3, -0.25) is 0 Å². The van der Waals surface area contributed by atoms with Gasteiger partial charge in [-0.25, -0.2) is 0 Å². The summed E-state index contributed by atoms with van der Waals surface area (Å²) < 4.78 is 10.7. The Morgan fingerprint density at radius 2 is 1.68 bits per heavy atom. The van der Waals surface area contributed by atoms with Gasteiger partial charge in [0, 0.05) is 43.0 Å². The number of alkyl halides is 2. The predicted octanol–water partition coefficient (Wildman–Crippen LogP) is 4.16. The number of methoxy groups -OCH3 is 1. The number of hydrogen-bond donors (Lipinski definition) is 0. The van der Waals surface area contributed by atoms with Gasteiger partial charge in [-0.05, 0) is 18.4 Å². The van der Waals surface area contributed by atoms with Gasteiger partial charge in [0.05, 0.1) is 0 Å². The molecule has 0 amide bonds. The van der Waals surface area contributed by atoms with Crippen LogP contribution in [0.15, 0.2) is 30.3 Å². The fraction of sp³-hybridized carbons (Fsp3) is 0.600. The maximum atomic E-state index is 5.69. The van der Waals surface area contributed by atoms with Crippen LogP contribution in [0.5, 0.6) is 0 Å². The van der Waals surface area contributed by atoms with E-state index in [4.69, 9.17) is 9.47 Å². The molecule has 0 spiro atoms. The second kappa shape index (κ2) is 9.92. The van der Waals surface area contributed by atoms with Crippen LogP contribution in [0.2, 0.25) is 0 Å². The second-order valence-corrected chi connectivity index (χ2v) is 5.74. The van der Waals surface area contributed by atoms with Crippen LogP contribution in [-0.4, -0.2) is 37.6 Å². The highest BCUT2D eigenvalue weighted by Gasteiger charge is 2.29. The van der Waals surface area contributed by atoms with Crippen molar-refractivity contribution < 1.29 is 9.47 Å². The van der Waals surface area contributed by atoms with Crippen molar-refractivity contribution in [1.29, 1.82) is 0 Å². The molecule has 1 aromatic rings. The molecule has 4 heteroatoms. The van der Waals surface area contributed by atoms with E-state index in [9.17, 15) is 0 Å². The maximum absolute atomic E-state index is 5.69. The summed E-state index contributed by atoms with van der Waals surface area (Å²) in [6, 6.07) is 10.6. The van der Waals surface area contributed by atoms with E-state index in [-0.39, 0.29) is 5.41 Å². The van der Waals surface area contributed by atoms with Crippen molar-refractivity contribution in [3.8, 4) is 0 Å². The summed E-state index contributed by atoms with van der Waals surface area (Å²) >= 11 is 7.32. The quantitative estimate of drug-likeness (QED) is 0.439. The Labute approximate surface area is 133 Å². The highest BCUT2D eigenvalue weighted by atomic mass is 79.9. The molecule has 0 saturated carbocycles. The molecule has 19 heavy (non-hydrogen) atoms. The van der Waals surface area contributed by atoms with Crippen LogP contribution >= 0.6 is 31.9 Å². The molecule has 0 aliphatic heterocycles. The molecule has 108 valence electrons. The number of rotatable bonds is 10. The molecule has 1 rings (SSSR count). The van der Waals surface area contributed by atoms with Crippen LogP contribution < -0.4 is 0 Å². The monoisotopic (exact) mass is 392 g/mol. The van der Waals surface area contributed by atoms with E-state index in [1.807, 2.05) is 0 Å². The molecular formula is C15H22Br2O2. The smallest absolute Gasteiger partial charge is 0.0487 e. The van der Waals surface area contributed by atoms with Gasteiger partial charge in [-0.1, -0.05) is 62.2 Å². The van der Waals surface area contributed by atoms with Crippen molar-refractivity contribution in [2.24, 2.45) is 0 Å². The van der Waals surface area contributed by atoms with Crippen LogP contribution in [0.3, 0.4) is 0 Å². The van der Waals surface area contributed by atoms with Gasteiger partial charge in [-0.15, -0.1) is 0 Å².